The van der Waals surface area contributed by atoms with E-state index < -0.39 is 24.8 Å². The first kappa shape index (κ1) is 13.4. The molecule has 1 N–H and O–H groups in total. The summed E-state index contributed by atoms with van der Waals surface area (Å²) in [5.41, 5.74) is 0. The van der Waals surface area contributed by atoms with Gasteiger partial charge < -0.3 is 5.11 Å². The van der Waals surface area contributed by atoms with Crippen molar-refractivity contribution >= 4 is 0 Å². The fourth-order valence-electron chi connectivity index (χ4n) is 0.274. The molecule has 0 aliphatic rings. The zero-order chi connectivity index (χ0) is 11.8. The lowest BCUT2D eigenvalue weighted by Crippen LogP contribution is -2.46. The summed E-state index contributed by atoms with van der Waals surface area (Å²) in [5.74, 6) is 0. The van der Waals surface area contributed by atoms with Crippen LogP contribution in [0.3, 0.4) is 0 Å². The summed E-state index contributed by atoms with van der Waals surface area (Å²) in [6, 6.07) is 0. The average Bonchev–Trinajstić information content (AvgIpc) is 1.80. The molecule has 0 rings (SSSR count). The van der Waals surface area contributed by atoms with Gasteiger partial charge in [-0.3, -0.25) is 4.74 Å². The largest absolute Gasteiger partial charge is 0.483 e. The van der Waals surface area contributed by atoms with Gasteiger partial charge in [-0.1, -0.05) is 0 Å². The third-order valence-corrected chi connectivity index (χ3v) is 0.870. The highest BCUT2D eigenvalue weighted by molar-refractivity contribution is 4.67. The van der Waals surface area contributed by atoms with Gasteiger partial charge >= 0.3 is 18.5 Å². The van der Waals surface area contributed by atoms with Crippen LogP contribution in [0, 0.1) is 0 Å². The Morgan fingerprint density at radius 2 is 1.21 bits per heavy atom. The molecular formula is C4H2F8O2. The van der Waals surface area contributed by atoms with Gasteiger partial charge in [0.2, 0.25) is 0 Å². The molecule has 0 saturated heterocycles. The molecule has 0 spiro atoms. The Morgan fingerprint density at radius 1 is 0.857 bits per heavy atom. The molecule has 0 heterocycles. The number of alkyl halides is 8. The fraction of sp³-hybridized carbons (Fsp3) is 1.00. The van der Waals surface area contributed by atoms with Crippen LogP contribution >= 0.6 is 0 Å². The van der Waals surface area contributed by atoms with Crippen LogP contribution in [0.4, 0.5) is 35.1 Å². The number of ether oxygens (including phenoxy) is 1. The Labute approximate surface area is 71.1 Å². The second-order valence-corrected chi connectivity index (χ2v) is 2.03. The lowest BCUT2D eigenvalue weighted by molar-refractivity contribution is -0.449. The first-order valence-electron chi connectivity index (χ1n) is 2.75. The fourth-order valence-corrected chi connectivity index (χ4v) is 0.274. The van der Waals surface area contributed by atoms with E-state index in [-0.39, 0.29) is 0 Å². The highest BCUT2D eigenvalue weighted by Crippen LogP contribution is 2.39. The minimum absolute atomic E-state index is 2.14. The third-order valence-electron chi connectivity index (χ3n) is 0.870. The summed E-state index contributed by atoms with van der Waals surface area (Å²) in [5, 5.41) is 7.76. The molecule has 0 bridgehead atoms. The van der Waals surface area contributed by atoms with Crippen LogP contribution in [0.5, 0.6) is 0 Å². The monoisotopic (exact) mass is 234 g/mol. The summed E-state index contributed by atoms with van der Waals surface area (Å²) in [6.07, 6.45) is -22.3. The van der Waals surface area contributed by atoms with Crippen molar-refractivity contribution in [2.24, 2.45) is 0 Å². The molecule has 10 heteroatoms. The highest BCUT2D eigenvalue weighted by Gasteiger charge is 2.63. The number of hydrogen-bond donors (Lipinski definition) is 1. The van der Waals surface area contributed by atoms with E-state index >= 15 is 0 Å². The predicted molar refractivity (Wildman–Crippen MR) is 24.1 cm³/mol. The average molecular weight is 234 g/mol. The van der Waals surface area contributed by atoms with E-state index in [1.54, 1.807) is 0 Å². The molecule has 2 nitrogen and oxygen atoms in total. The van der Waals surface area contributed by atoms with E-state index in [0.29, 0.717) is 0 Å². The van der Waals surface area contributed by atoms with Crippen LogP contribution < -0.4 is 0 Å². The quantitative estimate of drug-likeness (QED) is 0.585. The number of aliphatic hydroxyl groups is 1. The van der Waals surface area contributed by atoms with E-state index in [9.17, 15) is 35.1 Å². The van der Waals surface area contributed by atoms with Crippen LogP contribution in [0.2, 0.25) is 0 Å². The zero-order valence-corrected chi connectivity index (χ0v) is 5.96. The predicted octanol–water partition coefficient (Wildman–Crippen LogP) is 2.04. The molecule has 14 heavy (non-hydrogen) atoms. The van der Waals surface area contributed by atoms with Gasteiger partial charge in [0.25, 0.3) is 6.29 Å². The smallest absolute Gasteiger partial charge is 0.361 e. The van der Waals surface area contributed by atoms with Gasteiger partial charge in [-0.05, 0) is 0 Å². The Kier molecular flexibility index (Phi) is 3.34. The molecule has 1 unspecified atom stereocenters. The van der Waals surface area contributed by atoms with Gasteiger partial charge in [0, 0.05) is 0 Å². The summed E-state index contributed by atoms with van der Waals surface area (Å²) in [7, 11) is 0. The maximum Gasteiger partial charge on any atom is 0.483 e. The van der Waals surface area contributed by atoms with Crippen LogP contribution in [0.1, 0.15) is 0 Å². The summed E-state index contributed by atoms with van der Waals surface area (Å²) in [6.45, 7) is 0. The number of halogens is 8. The molecule has 0 aromatic rings. The first-order valence-corrected chi connectivity index (χ1v) is 2.75. The van der Waals surface area contributed by atoms with Crippen LogP contribution in [-0.4, -0.2) is 29.9 Å². The molecule has 0 aromatic carbocycles. The molecule has 86 valence electrons. The minimum atomic E-state index is -6.32. The van der Waals surface area contributed by atoms with Gasteiger partial charge in [0.05, 0.1) is 0 Å². The normalized spacial score (nSPS) is 16.9. The van der Waals surface area contributed by atoms with E-state index in [1.165, 1.54) is 0 Å². The van der Waals surface area contributed by atoms with E-state index in [4.69, 9.17) is 5.11 Å². The second kappa shape index (κ2) is 3.50. The van der Waals surface area contributed by atoms with E-state index in [2.05, 4.69) is 4.74 Å². The zero-order valence-electron chi connectivity index (χ0n) is 5.96. The summed E-state index contributed by atoms with van der Waals surface area (Å²) in [4.78, 5) is 0. The Bertz CT molecular complexity index is 192. The topological polar surface area (TPSA) is 29.5 Å². The molecule has 0 radical (unpaired) electrons. The molecular weight excluding hydrogens is 232 g/mol. The Balaban J connectivity index is 4.53. The second-order valence-electron chi connectivity index (χ2n) is 2.03. The van der Waals surface area contributed by atoms with Gasteiger partial charge in [-0.2, -0.15) is 35.1 Å². The molecule has 0 aromatic heterocycles. The molecule has 1 atom stereocenters. The van der Waals surface area contributed by atoms with Crippen molar-refractivity contribution in [3.8, 4) is 0 Å². The van der Waals surface area contributed by atoms with Crippen molar-refractivity contribution in [1.82, 2.24) is 0 Å². The van der Waals surface area contributed by atoms with E-state index in [0.717, 1.165) is 0 Å². The van der Waals surface area contributed by atoms with Gasteiger partial charge in [0.15, 0.2) is 0 Å². The molecule has 0 amide bonds. The van der Waals surface area contributed by atoms with Crippen LogP contribution in [0.15, 0.2) is 0 Å². The Morgan fingerprint density at radius 3 is 1.43 bits per heavy atom. The van der Waals surface area contributed by atoms with Gasteiger partial charge in [-0.25, -0.2) is 0 Å². The number of hydrogen-bond acceptors (Lipinski definition) is 2. The number of rotatable bonds is 2. The molecule has 0 saturated carbocycles. The highest BCUT2D eigenvalue weighted by atomic mass is 19.4. The SMILES string of the molecule is OC(OC(F)(F)C(F)(F)F)C(F)(F)F. The third kappa shape index (κ3) is 3.25. The summed E-state index contributed by atoms with van der Waals surface area (Å²) >= 11 is 0. The molecule has 0 fully saturated rings. The van der Waals surface area contributed by atoms with E-state index in [1.807, 2.05) is 0 Å². The van der Waals surface area contributed by atoms with Crippen molar-refractivity contribution in [3.63, 3.8) is 0 Å². The van der Waals surface area contributed by atoms with Crippen molar-refractivity contribution < 1.29 is 45.0 Å². The molecule has 0 aliphatic carbocycles. The minimum Gasteiger partial charge on any atom is -0.361 e. The maximum atomic E-state index is 11.7. The lowest BCUT2D eigenvalue weighted by atomic mass is 10.5. The van der Waals surface area contributed by atoms with Crippen LogP contribution in [-0.2, 0) is 4.74 Å². The van der Waals surface area contributed by atoms with Crippen LogP contribution in [0.25, 0.3) is 0 Å². The Hall–Kier alpha value is -0.640. The van der Waals surface area contributed by atoms with Crippen molar-refractivity contribution in [2.75, 3.05) is 0 Å². The van der Waals surface area contributed by atoms with Gasteiger partial charge in [-0.15, -0.1) is 0 Å². The number of aliphatic hydroxyl groups excluding tert-OH is 1. The molecule has 0 aliphatic heterocycles. The first-order chi connectivity index (χ1) is 5.88. The van der Waals surface area contributed by atoms with Crippen molar-refractivity contribution in [1.29, 1.82) is 0 Å². The van der Waals surface area contributed by atoms with Crippen molar-refractivity contribution in [2.45, 2.75) is 24.8 Å². The van der Waals surface area contributed by atoms with Gasteiger partial charge in [0.1, 0.15) is 0 Å². The van der Waals surface area contributed by atoms with Crippen molar-refractivity contribution in [3.05, 3.63) is 0 Å². The maximum absolute atomic E-state index is 11.7. The summed E-state index contributed by atoms with van der Waals surface area (Å²) < 4.78 is 93.1. The standard InChI is InChI=1S/C4H2F8O2/c5-2(6,7)1(13)14-4(11,12)3(8,9)10/h1,13H. The lowest BCUT2D eigenvalue weighted by Gasteiger charge is -2.23.